The summed E-state index contributed by atoms with van der Waals surface area (Å²) in [5.74, 6) is -0.208. The van der Waals surface area contributed by atoms with Gasteiger partial charge in [-0.1, -0.05) is 41.4 Å². The Hall–Kier alpha value is -2.82. The first-order valence-electron chi connectivity index (χ1n) is 10.2. The van der Waals surface area contributed by atoms with Crippen LogP contribution in [0.25, 0.3) is 0 Å². The number of halogens is 2. The Morgan fingerprint density at radius 2 is 1.71 bits per heavy atom. The molecule has 6 heteroatoms. The smallest absolute Gasteiger partial charge is 0.258 e. The van der Waals surface area contributed by atoms with E-state index < -0.39 is 0 Å². The lowest BCUT2D eigenvalue weighted by Crippen LogP contribution is -2.35. The number of amides is 2. The van der Waals surface area contributed by atoms with Crippen molar-refractivity contribution in [2.45, 2.75) is 25.8 Å². The van der Waals surface area contributed by atoms with Crippen LogP contribution < -0.4 is 10.2 Å². The number of hydrogen-bond donors (Lipinski definition) is 1. The second-order valence-electron chi connectivity index (χ2n) is 7.66. The molecule has 0 radical (unpaired) electrons. The molecule has 0 aliphatic carbocycles. The van der Waals surface area contributed by atoms with E-state index in [1.54, 1.807) is 48.5 Å². The molecule has 1 atom stereocenters. The summed E-state index contributed by atoms with van der Waals surface area (Å²) in [4.78, 5) is 27.4. The van der Waals surface area contributed by atoms with Gasteiger partial charge in [0, 0.05) is 33.4 Å². The van der Waals surface area contributed by atoms with Crippen molar-refractivity contribution in [1.29, 1.82) is 0 Å². The summed E-state index contributed by atoms with van der Waals surface area (Å²) < 4.78 is 0. The first kappa shape index (κ1) is 21.4. The maximum atomic E-state index is 13.1. The number of hydrogen-bond acceptors (Lipinski definition) is 2. The van der Waals surface area contributed by atoms with E-state index >= 15 is 0 Å². The number of anilines is 1. The molecule has 1 N–H and O–H groups in total. The molecule has 2 amide bonds. The molecule has 1 aliphatic heterocycles. The highest BCUT2D eigenvalue weighted by molar-refractivity contribution is 6.31. The van der Waals surface area contributed by atoms with Gasteiger partial charge in [0.15, 0.2) is 0 Å². The zero-order valence-corrected chi connectivity index (χ0v) is 18.6. The van der Waals surface area contributed by atoms with Crippen LogP contribution in [-0.2, 0) is 6.42 Å². The van der Waals surface area contributed by atoms with Crippen molar-refractivity contribution in [2.75, 3.05) is 11.4 Å². The second-order valence-corrected chi connectivity index (χ2v) is 8.53. The minimum atomic E-state index is -0.174. The number of benzene rings is 3. The number of nitrogens with zero attached hydrogens (tertiary/aromatic N) is 1. The van der Waals surface area contributed by atoms with Gasteiger partial charge in [-0.15, -0.1) is 0 Å². The van der Waals surface area contributed by atoms with E-state index in [1.165, 1.54) is 0 Å². The van der Waals surface area contributed by atoms with Gasteiger partial charge in [-0.05, 0) is 79.4 Å². The molecule has 3 aromatic carbocycles. The van der Waals surface area contributed by atoms with Gasteiger partial charge in [0.05, 0.1) is 6.04 Å². The lowest BCUT2D eigenvalue weighted by atomic mass is 9.96. The highest BCUT2D eigenvalue weighted by Crippen LogP contribution is 2.31. The van der Waals surface area contributed by atoms with E-state index in [2.05, 4.69) is 11.4 Å². The molecule has 0 spiro atoms. The third kappa shape index (κ3) is 4.76. The number of nitrogens with one attached hydrogen (secondary N) is 1. The normalized spacial score (nSPS) is 14.0. The van der Waals surface area contributed by atoms with Crippen LogP contribution >= 0.6 is 23.2 Å². The van der Waals surface area contributed by atoms with Crippen molar-refractivity contribution in [3.05, 3.63) is 99.0 Å². The second kappa shape index (κ2) is 9.13. The molecule has 1 heterocycles. The summed E-state index contributed by atoms with van der Waals surface area (Å²) in [6.07, 6.45) is 1.77. The van der Waals surface area contributed by atoms with Gasteiger partial charge in [-0.3, -0.25) is 9.59 Å². The molecular weight excluding hydrogens is 431 g/mol. The summed E-state index contributed by atoms with van der Waals surface area (Å²) >= 11 is 12.0. The van der Waals surface area contributed by atoms with E-state index in [9.17, 15) is 9.59 Å². The van der Waals surface area contributed by atoms with Crippen LogP contribution in [0.3, 0.4) is 0 Å². The molecule has 0 saturated heterocycles. The van der Waals surface area contributed by atoms with Crippen molar-refractivity contribution in [3.63, 3.8) is 0 Å². The van der Waals surface area contributed by atoms with Crippen LogP contribution in [0.2, 0.25) is 10.0 Å². The van der Waals surface area contributed by atoms with Gasteiger partial charge >= 0.3 is 0 Å². The molecular formula is C25H22Cl2N2O2. The van der Waals surface area contributed by atoms with Gasteiger partial charge in [-0.2, -0.15) is 0 Å². The standard InChI is InChI=1S/C25H22Cl2N2O2/c1-16(28-24(30)17-7-10-21(26)11-8-17)18-9-12-23-19(14-18)5-3-13-29(23)25(31)20-4-2-6-22(27)15-20/h2,4,6-12,14-16H,3,5,13H2,1H3,(H,28,30)/t16-/m1/s1. The molecule has 4 rings (SSSR count). The first-order valence-corrected chi connectivity index (χ1v) is 10.9. The molecule has 1 aliphatic rings. The van der Waals surface area contributed by atoms with Gasteiger partial charge in [0.1, 0.15) is 0 Å². The Morgan fingerprint density at radius 1 is 0.935 bits per heavy atom. The van der Waals surface area contributed by atoms with Crippen LogP contribution in [0.15, 0.2) is 66.7 Å². The first-order chi connectivity index (χ1) is 14.9. The molecule has 0 saturated carbocycles. The van der Waals surface area contributed by atoms with Gasteiger partial charge < -0.3 is 10.2 Å². The third-order valence-electron chi connectivity index (χ3n) is 5.49. The molecule has 31 heavy (non-hydrogen) atoms. The van der Waals surface area contributed by atoms with Crippen LogP contribution in [0, 0.1) is 0 Å². The van der Waals surface area contributed by atoms with Crippen LogP contribution in [-0.4, -0.2) is 18.4 Å². The molecule has 3 aromatic rings. The Morgan fingerprint density at radius 3 is 2.45 bits per heavy atom. The highest BCUT2D eigenvalue weighted by atomic mass is 35.5. The molecule has 4 nitrogen and oxygen atoms in total. The van der Waals surface area contributed by atoms with Gasteiger partial charge in [-0.25, -0.2) is 0 Å². The Bertz CT molecular complexity index is 1130. The number of rotatable bonds is 4. The third-order valence-corrected chi connectivity index (χ3v) is 5.98. The van der Waals surface area contributed by atoms with Crippen molar-refractivity contribution < 1.29 is 9.59 Å². The van der Waals surface area contributed by atoms with E-state index in [1.807, 2.05) is 24.0 Å². The number of carbonyl (C=O) groups excluding carboxylic acids is 2. The summed E-state index contributed by atoms with van der Waals surface area (Å²) in [5.41, 5.74) is 4.15. The number of aryl methyl sites for hydroxylation is 1. The fourth-order valence-corrected chi connectivity index (χ4v) is 4.16. The predicted molar refractivity (Wildman–Crippen MR) is 125 cm³/mol. The van der Waals surface area contributed by atoms with Gasteiger partial charge in [0.2, 0.25) is 0 Å². The van der Waals surface area contributed by atoms with Crippen molar-refractivity contribution >= 4 is 40.7 Å². The van der Waals surface area contributed by atoms with E-state index in [0.29, 0.717) is 27.7 Å². The SMILES string of the molecule is C[C@@H](NC(=O)c1ccc(Cl)cc1)c1ccc2c(c1)CCCN2C(=O)c1cccc(Cl)c1. The average molecular weight is 453 g/mol. The Labute approximate surface area is 191 Å². The minimum Gasteiger partial charge on any atom is -0.346 e. The van der Waals surface area contributed by atoms with Crippen molar-refractivity contribution in [1.82, 2.24) is 5.32 Å². The average Bonchev–Trinajstić information content (AvgIpc) is 2.78. The summed E-state index contributed by atoms with van der Waals surface area (Å²) in [6, 6.07) is 19.7. The summed E-state index contributed by atoms with van der Waals surface area (Å²) in [7, 11) is 0. The highest BCUT2D eigenvalue weighted by Gasteiger charge is 2.24. The fourth-order valence-electron chi connectivity index (χ4n) is 3.84. The van der Waals surface area contributed by atoms with Crippen LogP contribution in [0.5, 0.6) is 0 Å². The zero-order valence-electron chi connectivity index (χ0n) is 17.1. The molecule has 0 unspecified atom stereocenters. The predicted octanol–water partition coefficient (Wildman–Crippen LogP) is 6.08. The Kier molecular flexibility index (Phi) is 6.30. The van der Waals surface area contributed by atoms with E-state index in [4.69, 9.17) is 23.2 Å². The molecule has 0 bridgehead atoms. The van der Waals surface area contributed by atoms with Crippen molar-refractivity contribution in [3.8, 4) is 0 Å². The molecule has 0 aromatic heterocycles. The maximum Gasteiger partial charge on any atom is 0.258 e. The minimum absolute atomic E-state index is 0.0553. The topological polar surface area (TPSA) is 49.4 Å². The lowest BCUT2D eigenvalue weighted by Gasteiger charge is -2.30. The maximum absolute atomic E-state index is 13.1. The summed E-state index contributed by atoms with van der Waals surface area (Å²) in [5, 5.41) is 4.17. The van der Waals surface area contributed by atoms with Crippen LogP contribution in [0.1, 0.15) is 51.2 Å². The molecule has 0 fully saturated rings. The Balaban J connectivity index is 1.53. The number of carbonyl (C=O) groups is 2. The fraction of sp³-hybridized carbons (Fsp3) is 0.200. The van der Waals surface area contributed by atoms with E-state index in [-0.39, 0.29) is 17.9 Å². The monoisotopic (exact) mass is 452 g/mol. The number of fused-ring (bicyclic) bond motifs is 1. The summed E-state index contributed by atoms with van der Waals surface area (Å²) in [6.45, 7) is 2.62. The lowest BCUT2D eigenvalue weighted by molar-refractivity contribution is 0.0938. The van der Waals surface area contributed by atoms with Crippen LogP contribution in [0.4, 0.5) is 5.69 Å². The van der Waals surface area contributed by atoms with Crippen molar-refractivity contribution in [2.24, 2.45) is 0 Å². The zero-order chi connectivity index (χ0) is 22.0. The van der Waals surface area contributed by atoms with E-state index in [0.717, 1.165) is 29.7 Å². The van der Waals surface area contributed by atoms with Gasteiger partial charge in [0.25, 0.3) is 11.8 Å². The molecule has 158 valence electrons. The quantitative estimate of drug-likeness (QED) is 0.521. The largest absolute Gasteiger partial charge is 0.346 e.